The zero-order chi connectivity index (χ0) is 19.8. The van der Waals surface area contributed by atoms with Crippen LogP contribution in [0.15, 0.2) is 54.6 Å². The van der Waals surface area contributed by atoms with Gasteiger partial charge in [0.2, 0.25) is 0 Å². The van der Waals surface area contributed by atoms with Crippen LogP contribution in [0, 0.1) is 0 Å². The number of rotatable bonds is 9. The number of benzene rings is 2. The molecule has 1 aromatic heterocycles. The number of H-pyrrole nitrogens is 1. The number of hydrogen-bond donors (Lipinski definition) is 1. The largest absolute Gasteiger partial charge is 0.493 e. The van der Waals surface area contributed by atoms with Crippen molar-refractivity contribution in [1.82, 2.24) is 10.2 Å². The standard InChI is InChI=1S/C21H22N2O5/c1-25-10-11-27-19-9-8-16(12-20(19)26-2)21(24)28-14-17-13-18(23-22-17)15-6-4-3-5-7-15/h3-9,12-13H,10-11,14H2,1-2H3,(H,22,23). The van der Waals surface area contributed by atoms with Gasteiger partial charge in [-0.1, -0.05) is 30.3 Å². The van der Waals surface area contributed by atoms with Crippen LogP contribution in [-0.2, 0) is 16.1 Å². The number of esters is 1. The fraction of sp³-hybridized carbons (Fsp3) is 0.238. The van der Waals surface area contributed by atoms with Gasteiger partial charge in [0, 0.05) is 12.7 Å². The highest BCUT2D eigenvalue weighted by Crippen LogP contribution is 2.28. The summed E-state index contributed by atoms with van der Waals surface area (Å²) < 4.78 is 21.2. The van der Waals surface area contributed by atoms with Crippen molar-refractivity contribution in [3.63, 3.8) is 0 Å². The summed E-state index contributed by atoms with van der Waals surface area (Å²) >= 11 is 0. The monoisotopic (exact) mass is 382 g/mol. The van der Waals surface area contributed by atoms with Gasteiger partial charge in [0.1, 0.15) is 13.2 Å². The highest BCUT2D eigenvalue weighted by atomic mass is 16.5. The van der Waals surface area contributed by atoms with Crippen LogP contribution in [-0.4, -0.2) is 43.6 Å². The lowest BCUT2D eigenvalue weighted by Gasteiger charge is -2.11. The molecule has 1 N–H and O–H groups in total. The molecule has 0 aliphatic heterocycles. The third kappa shape index (κ3) is 4.89. The second kappa shape index (κ2) is 9.57. The fourth-order valence-electron chi connectivity index (χ4n) is 2.57. The van der Waals surface area contributed by atoms with E-state index < -0.39 is 5.97 Å². The Kier molecular flexibility index (Phi) is 6.64. The Morgan fingerprint density at radius 1 is 1.00 bits per heavy atom. The molecule has 0 spiro atoms. The lowest BCUT2D eigenvalue weighted by atomic mass is 10.1. The molecule has 146 valence electrons. The predicted molar refractivity (Wildman–Crippen MR) is 104 cm³/mol. The lowest BCUT2D eigenvalue weighted by Crippen LogP contribution is -2.08. The second-order valence-electron chi connectivity index (χ2n) is 5.93. The van der Waals surface area contributed by atoms with Crippen molar-refractivity contribution in [3.05, 3.63) is 65.9 Å². The minimum Gasteiger partial charge on any atom is -0.493 e. The van der Waals surface area contributed by atoms with Crippen LogP contribution in [0.1, 0.15) is 16.1 Å². The number of aromatic amines is 1. The summed E-state index contributed by atoms with van der Waals surface area (Å²) in [4.78, 5) is 12.4. The fourth-order valence-corrected chi connectivity index (χ4v) is 2.57. The molecule has 7 heteroatoms. The molecule has 0 unspecified atom stereocenters. The maximum Gasteiger partial charge on any atom is 0.338 e. The first kappa shape index (κ1) is 19.4. The van der Waals surface area contributed by atoms with Gasteiger partial charge in [-0.15, -0.1) is 0 Å². The highest BCUT2D eigenvalue weighted by Gasteiger charge is 2.13. The molecule has 3 aromatic rings. The third-order valence-electron chi connectivity index (χ3n) is 4.00. The molecule has 3 rings (SSSR count). The molecule has 1 heterocycles. The van der Waals surface area contributed by atoms with Crippen molar-refractivity contribution >= 4 is 5.97 Å². The van der Waals surface area contributed by atoms with E-state index >= 15 is 0 Å². The van der Waals surface area contributed by atoms with Crippen LogP contribution >= 0.6 is 0 Å². The van der Waals surface area contributed by atoms with E-state index in [2.05, 4.69) is 10.2 Å². The van der Waals surface area contributed by atoms with Gasteiger partial charge in [-0.05, 0) is 24.3 Å². The van der Waals surface area contributed by atoms with Gasteiger partial charge in [-0.25, -0.2) is 4.79 Å². The van der Waals surface area contributed by atoms with E-state index in [1.165, 1.54) is 7.11 Å². The number of ether oxygens (including phenoxy) is 4. The van der Waals surface area contributed by atoms with E-state index in [1.807, 2.05) is 36.4 Å². The zero-order valence-corrected chi connectivity index (χ0v) is 15.8. The molecule has 0 saturated carbocycles. The highest BCUT2D eigenvalue weighted by molar-refractivity contribution is 5.90. The van der Waals surface area contributed by atoms with Crippen LogP contribution < -0.4 is 9.47 Å². The van der Waals surface area contributed by atoms with Crippen molar-refractivity contribution in [3.8, 4) is 22.8 Å². The Morgan fingerprint density at radius 2 is 1.82 bits per heavy atom. The molecule has 0 amide bonds. The van der Waals surface area contributed by atoms with E-state index in [4.69, 9.17) is 18.9 Å². The number of nitrogens with one attached hydrogen (secondary N) is 1. The summed E-state index contributed by atoms with van der Waals surface area (Å²) in [5, 5.41) is 7.14. The van der Waals surface area contributed by atoms with Crippen molar-refractivity contribution in [1.29, 1.82) is 0 Å². The molecule has 0 atom stereocenters. The van der Waals surface area contributed by atoms with Gasteiger partial charge < -0.3 is 18.9 Å². The van der Waals surface area contributed by atoms with E-state index in [-0.39, 0.29) is 6.61 Å². The summed E-state index contributed by atoms with van der Waals surface area (Å²) in [6.45, 7) is 0.940. The first-order valence-electron chi connectivity index (χ1n) is 8.78. The molecule has 0 saturated heterocycles. The second-order valence-corrected chi connectivity index (χ2v) is 5.93. The zero-order valence-electron chi connectivity index (χ0n) is 15.8. The summed E-state index contributed by atoms with van der Waals surface area (Å²) in [7, 11) is 3.12. The molecule has 0 aliphatic rings. The summed E-state index contributed by atoms with van der Waals surface area (Å²) in [5.41, 5.74) is 2.87. The topological polar surface area (TPSA) is 82.7 Å². The van der Waals surface area contributed by atoms with Gasteiger partial charge in [-0.2, -0.15) is 5.10 Å². The molecular formula is C21H22N2O5. The SMILES string of the molecule is COCCOc1ccc(C(=O)OCc2cc(-c3ccccc3)n[nH]2)cc1OC. The lowest BCUT2D eigenvalue weighted by molar-refractivity contribution is 0.0467. The van der Waals surface area contributed by atoms with Crippen LogP contribution in [0.3, 0.4) is 0 Å². The first-order valence-corrected chi connectivity index (χ1v) is 8.78. The van der Waals surface area contributed by atoms with Gasteiger partial charge in [0.15, 0.2) is 11.5 Å². The van der Waals surface area contributed by atoms with Crippen LogP contribution in [0.5, 0.6) is 11.5 Å². The van der Waals surface area contributed by atoms with Crippen LogP contribution in [0.4, 0.5) is 0 Å². The van der Waals surface area contributed by atoms with Crippen molar-refractivity contribution in [2.45, 2.75) is 6.61 Å². The molecule has 7 nitrogen and oxygen atoms in total. The van der Waals surface area contributed by atoms with Crippen molar-refractivity contribution < 1.29 is 23.7 Å². The third-order valence-corrected chi connectivity index (χ3v) is 4.00. The molecule has 0 bridgehead atoms. The Labute approximate surface area is 163 Å². The molecule has 0 fully saturated rings. The minimum absolute atomic E-state index is 0.0903. The van der Waals surface area contributed by atoms with E-state index in [9.17, 15) is 4.79 Å². The van der Waals surface area contributed by atoms with E-state index in [0.717, 1.165) is 11.3 Å². The van der Waals surface area contributed by atoms with E-state index in [1.54, 1.807) is 25.3 Å². The number of methoxy groups -OCH3 is 2. The summed E-state index contributed by atoms with van der Waals surface area (Å²) in [6.07, 6.45) is 0. The van der Waals surface area contributed by atoms with E-state index in [0.29, 0.717) is 36.0 Å². The Morgan fingerprint density at radius 3 is 2.57 bits per heavy atom. The van der Waals surface area contributed by atoms with Gasteiger partial charge in [0.25, 0.3) is 0 Å². The molecule has 2 aromatic carbocycles. The van der Waals surface area contributed by atoms with Crippen molar-refractivity contribution in [2.75, 3.05) is 27.4 Å². The average Bonchev–Trinajstić information content (AvgIpc) is 3.22. The Bertz CT molecular complexity index is 908. The normalized spacial score (nSPS) is 10.5. The summed E-state index contributed by atoms with van der Waals surface area (Å²) in [6, 6.07) is 16.5. The minimum atomic E-state index is -0.461. The number of carbonyl (C=O) groups is 1. The maximum atomic E-state index is 12.4. The number of carbonyl (C=O) groups excluding carboxylic acids is 1. The van der Waals surface area contributed by atoms with Gasteiger partial charge >= 0.3 is 5.97 Å². The maximum absolute atomic E-state index is 12.4. The molecular weight excluding hydrogens is 360 g/mol. The van der Waals surface area contributed by atoms with Crippen LogP contribution in [0.25, 0.3) is 11.3 Å². The number of hydrogen-bond acceptors (Lipinski definition) is 6. The van der Waals surface area contributed by atoms with Crippen LogP contribution in [0.2, 0.25) is 0 Å². The predicted octanol–water partition coefficient (Wildman–Crippen LogP) is 3.47. The molecule has 0 radical (unpaired) electrons. The Hall–Kier alpha value is -3.32. The Balaban J connectivity index is 1.61. The first-order chi connectivity index (χ1) is 13.7. The molecule has 28 heavy (non-hydrogen) atoms. The quantitative estimate of drug-likeness (QED) is 0.451. The number of nitrogens with zero attached hydrogens (tertiary/aromatic N) is 1. The van der Waals surface area contributed by atoms with Crippen molar-refractivity contribution in [2.24, 2.45) is 0 Å². The number of aromatic nitrogens is 2. The summed E-state index contributed by atoms with van der Waals surface area (Å²) in [5.74, 6) is 0.535. The van der Waals surface area contributed by atoms with Gasteiger partial charge in [0.05, 0.1) is 30.7 Å². The smallest absolute Gasteiger partial charge is 0.338 e. The molecule has 0 aliphatic carbocycles. The van der Waals surface area contributed by atoms with Gasteiger partial charge in [-0.3, -0.25) is 5.10 Å². The average molecular weight is 382 g/mol.